The van der Waals surface area contributed by atoms with Gasteiger partial charge in [-0.15, -0.1) is 0 Å². The van der Waals surface area contributed by atoms with E-state index < -0.39 is 0 Å². The maximum Gasteiger partial charge on any atom is 0.153 e. The first-order valence-electron chi connectivity index (χ1n) is 2.91. The molecule has 0 fully saturated rings. The molecule has 0 saturated heterocycles. The van der Waals surface area contributed by atoms with Crippen LogP contribution in [0.5, 0.6) is 0 Å². The predicted octanol–water partition coefficient (Wildman–Crippen LogP) is 2.89. The van der Waals surface area contributed by atoms with Crippen molar-refractivity contribution in [3.63, 3.8) is 0 Å². The molecule has 2 heteroatoms. The lowest BCUT2D eigenvalue weighted by Gasteiger charge is -1.87. The molecule has 0 aliphatic heterocycles. The molecular weight excluding hydrogens is 148 g/mol. The third-order valence-corrected chi connectivity index (χ3v) is 1.65. The van der Waals surface area contributed by atoms with Gasteiger partial charge in [-0.05, 0) is 18.2 Å². The van der Waals surface area contributed by atoms with Crippen LogP contribution in [0, 0.1) is 6.07 Å². The highest BCUT2D eigenvalue weighted by atomic mass is 35.5. The zero-order chi connectivity index (χ0) is 6.97. The van der Waals surface area contributed by atoms with E-state index in [0.717, 1.165) is 5.39 Å². The smallest absolute Gasteiger partial charge is 0.153 e. The van der Waals surface area contributed by atoms with Gasteiger partial charge in [0.2, 0.25) is 0 Å². The highest BCUT2D eigenvalue weighted by molar-refractivity contribution is 6.34. The van der Waals surface area contributed by atoms with Crippen molar-refractivity contribution in [2.45, 2.75) is 0 Å². The van der Waals surface area contributed by atoms with Crippen molar-refractivity contribution in [1.82, 2.24) is 0 Å². The first-order valence-corrected chi connectivity index (χ1v) is 3.29. The minimum absolute atomic E-state index is 0.638. The Kier molecular flexibility index (Phi) is 1.18. The van der Waals surface area contributed by atoms with Crippen molar-refractivity contribution in [3.8, 4) is 0 Å². The first kappa shape index (κ1) is 5.81. The molecule has 1 aromatic carbocycles. The van der Waals surface area contributed by atoms with E-state index in [-0.39, 0.29) is 0 Å². The number of benzene rings is 1. The summed E-state index contributed by atoms with van der Waals surface area (Å²) in [6.07, 6.45) is 1.60. The fourth-order valence-corrected chi connectivity index (χ4v) is 1.10. The number of rotatable bonds is 0. The van der Waals surface area contributed by atoms with Crippen LogP contribution >= 0.6 is 11.6 Å². The average Bonchev–Trinajstić information content (AvgIpc) is 2.36. The second kappa shape index (κ2) is 2.03. The summed E-state index contributed by atoms with van der Waals surface area (Å²) in [4.78, 5) is 0. The Morgan fingerprint density at radius 2 is 2.30 bits per heavy atom. The number of halogens is 1. The van der Waals surface area contributed by atoms with Crippen molar-refractivity contribution >= 4 is 22.6 Å². The topological polar surface area (TPSA) is 13.1 Å². The van der Waals surface area contributed by atoms with Gasteiger partial charge in [0.1, 0.15) is 0 Å². The average molecular weight is 152 g/mol. The Hall–Kier alpha value is -0.950. The summed E-state index contributed by atoms with van der Waals surface area (Å²) in [5.41, 5.74) is 0.712. The molecule has 49 valence electrons. The summed E-state index contributed by atoms with van der Waals surface area (Å²) in [5.74, 6) is 0. The SMILES string of the molecule is Clc1cc[c]c2ccoc12. The van der Waals surface area contributed by atoms with Gasteiger partial charge in [0, 0.05) is 5.39 Å². The molecule has 0 spiro atoms. The van der Waals surface area contributed by atoms with Crippen molar-refractivity contribution in [2.24, 2.45) is 0 Å². The lowest BCUT2D eigenvalue weighted by atomic mass is 10.3. The molecule has 1 heterocycles. The van der Waals surface area contributed by atoms with E-state index in [4.69, 9.17) is 16.0 Å². The molecule has 0 aliphatic carbocycles. The fourth-order valence-electron chi connectivity index (χ4n) is 0.888. The van der Waals surface area contributed by atoms with Gasteiger partial charge < -0.3 is 4.42 Å². The fraction of sp³-hybridized carbons (Fsp3) is 0. The molecule has 1 nitrogen and oxygen atoms in total. The highest BCUT2D eigenvalue weighted by Gasteiger charge is 1.98. The summed E-state index contributed by atoms with van der Waals surface area (Å²) in [5, 5.41) is 1.56. The van der Waals surface area contributed by atoms with E-state index in [1.54, 1.807) is 18.4 Å². The number of fused-ring (bicyclic) bond motifs is 1. The Morgan fingerprint density at radius 1 is 1.40 bits per heavy atom. The summed E-state index contributed by atoms with van der Waals surface area (Å²) >= 11 is 5.78. The van der Waals surface area contributed by atoms with Crippen molar-refractivity contribution < 1.29 is 4.42 Å². The third-order valence-electron chi connectivity index (χ3n) is 1.35. The zero-order valence-corrected chi connectivity index (χ0v) is 5.85. The molecule has 0 saturated carbocycles. The number of hydrogen-bond acceptors (Lipinski definition) is 1. The normalized spacial score (nSPS) is 10.5. The molecule has 0 atom stereocenters. The van der Waals surface area contributed by atoms with E-state index in [1.807, 2.05) is 6.07 Å². The van der Waals surface area contributed by atoms with Gasteiger partial charge in [0.25, 0.3) is 0 Å². The summed E-state index contributed by atoms with van der Waals surface area (Å²) in [6, 6.07) is 8.36. The molecule has 0 aliphatic rings. The number of hydrogen-bond donors (Lipinski definition) is 0. The van der Waals surface area contributed by atoms with Crippen molar-refractivity contribution in [2.75, 3.05) is 0 Å². The number of furan rings is 1. The van der Waals surface area contributed by atoms with Crippen LogP contribution in [0.25, 0.3) is 11.0 Å². The molecular formula is C8H4ClO. The molecule has 2 rings (SSSR count). The lowest BCUT2D eigenvalue weighted by Crippen LogP contribution is -1.64. The Morgan fingerprint density at radius 3 is 3.10 bits per heavy atom. The van der Waals surface area contributed by atoms with Crippen LogP contribution in [0.15, 0.2) is 28.9 Å². The zero-order valence-electron chi connectivity index (χ0n) is 5.10. The van der Waals surface area contributed by atoms with Gasteiger partial charge in [0.05, 0.1) is 11.3 Å². The molecule has 0 unspecified atom stereocenters. The molecule has 10 heavy (non-hydrogen) atoms. The standard InChI is InChI=1S/C8H4ClO/c9-7-3-1-2-6-4-5-10-8(6)7/h1,3-5H. The molecule has 1 aromatic heterocycles. The lowest BCUT2D eigenvalue weighted by molar-refractivity contribution is 0.616. The Bertz CT molecular complexity index is 351. The maximum atomic E-state index is 5.78. The van der Waals surface area contributed by atoms with E-state index in [0.29, 0.717) is 10.6 Å². The second-order valence-corrected chi connectivity index (χ2v) is 2.40. The van der Waals surface area contributed by atoms with E-state index in [9.17, 15) is 0 Å². The minimum Gasteiger partial charge on any atom is -0.463 e. The van der Waals surface area contributed by atoms with Crippen LogP contribution in [0.3, 0.4) is 0 Å². The van der Waals surface area contributed by atoms with Crippen LogP contribution in [-0.4, -0.2) is 0 Å². The van der Waals surface area contributed by atoms with Crippen LogP contribution in [-0.2, 0) is 0 Å². The van der Waals surface area contributed by atoms with Gasteiger partial charge in [0.15, 0.2) is 5.58 Å². The van der Waals surface area contributed by atoms with Crippen LogP contribution in [0.2, 0.25) is 5.02 Å². The first-order chi connectivity index (χ1) is 4.88. The van der Waals surface area contributed by atoms with Gasteiger partial charge in [-0.25, -0.2) is 0 Å². The van der Waals surface area contributed by atoms with Gasteiger partial charge in [-0.2, -0.15) is 0 Å². The van der Waals surface area contributed by atoms with Gasteiger partial charge in [-0.3, -0.25) is 0 Å². The van der Waals surface area contributed by atoms with Crippen molar-refractivity contribution in [3.05, 3.63) is 35.6 Å². The van der Waals surface area contributed by atoms with E-state index >= 15 is 0 Å². The summed E-state index contributed by atoms with van der Waals surface area (Å²) < 4.78 is 5.09. The summed E-state index contributed by atoms with van der Waals surface area (Å²) in [7, 11) is 0. The van der Waals surface area contributed by atoms with E-state index in [1.165, 1.54) is 0 Å². The quantitative estimate of drug-likeness (QED) is 0.564. The van der Waals surface area contributed by atoms with Crippen LogP contribution in [0.4, 0.5) is 0 Å². The predicted molar refractivity (Wildman–Crippen MR) is 40.1 cm³/mol. The summed E-state index contributed by atoms with van der Waals surface area (Å²) in [6.45, 7) is 0. The highest BCUT2D eigenvalue weighted by Crippen LogP contribution is 2.22. The largest absolute Gasteiger partial charge is 0.463 e. The molecule has 1 radical (unpaired) electrons. The Labute approximate surface area is 63.2 Å². The van der Waals surface area contributed by atoms with E-state index in [2.05, 4.69) is 6.07 Å². The Balaban J connectivity index is 2.95. The molecule has 0 N–H and O–H groups in total. The van der Waals surface area contributed by atoms with Gasteiger partial charge >= 0.3 is 0 Å². The van der Waals surface area contributed by atoms with Crippen LogP contribution < -0.4 is 0 Å². The maximum absolute atomic E-state index is 5.78. The molecule has 0 amide bonds. The molecule has 0 bridgehead atoms. The second-order valence-electron chi connectivity index (χ2n) is 1.99. The van der Waals surface area contributed by atoms with Crippen LogP contribution in [0.1, 0.15) is 0 Å². The monoisotopic (exact) mass is 151 g/mol. The minimum atomic E-state index is 0.638. The van der Waals surface area contributed by atoms with Crippen molar-refractivity contribution in [1.29, 1.82) is 0 Å². The molecule has 2 aromatic rings. The van der Waals surface area contributed by atoms with Gasteiger partial charge in [-0.1, -0.05) is 17.7 Å². The third kappa shape index (κ3) is 0.711.